The Morgan fingerprint density at radius 1 is 1.36 bits per heavy atom. The van der Waals surface area contributed by atoms with Gasteiger partial charge in [0.05, 0.1) is 6.61 Å². The van der Waals surface area contributed by atoms with Crippen LogP contribution in [-0.2, 0) is 0 Å². The molecule has 2 nitrogen and oxygen atoms in total. The van der Waals surface area contributed by atoms with E-state index in [-0.39, 0.29) is 0 Å². The van der Waals surface area contributed by atoms with E-state index >= 15 is 0 Å². The molecule has 1 saturated heterocycles. The first-order chi connectivity index (χ1) is 5.38. The number of hydrogen-bond donors (Lipinski definition) is 1. The van der Waals surface area contributed by atoms with Crippen LogP contribution in [0.1, 0.15) is 32.6 Å². The number of nitrogens with zero attached hydrogens (tertiary/aromatic N) is 1. The summed E-state index contributed by atoms with van der Waals surface area (Å²) in [4.78, 5) is 2.40. The van der Waals surface area contributed by atoms with Crippen LogP contribution in [0.5, 0.6) is 0 Å². The SMILES string of the molecule is CCN1CCCCC[C@H]1CO. The molecular weight excluding hydrogens is 138 g/mol. The molecule has 2 heteroatoms. The molecule has 0 aromatic carbocycles. The zero-order valence-corrected chi connectivity index (χ0v) is 7.42. The molecule has 0 saturated carbocycles. The highest BCUT2D eigenvalue weighted by Gasteiger charge is 2.17. The van der Waals surface area contributed by atoms with Crippen LogP contribution in [0.3, 0.4) is 0 Å². The van der Waals surface area contributed by atoms with Gasteiger partial charge in [0.25, 0.3) is 0 Å². The Kier molecular flexibility index (Phi) is 3.87. The second-order valence-corrected chi connectivity index (χ2v) is 3.31. The van der Waals surface area contributed by atoms with Crippen molar-refractivity contribution in [2.45, 2.75) is 38.6 Å². The Hall–Kier alpha value is -0.0800. The monoisotopic (exact) mass is 157 g/mol. The number of aliphatic hydroxyl groups is 1. The highest BCUT2D eigenvalue weighted by atomic mass is 16.3. The summed E-state index contributed by atoms with van der Waals surface area (Å²) in [6.07, 6.45) is 5.13. The number of likely N-dealkylation sites (N-methyl/N-ethyl adjacent to an activating group) is 1. The summed E-state index contributed by atoms with van der Waals surface area (Å²) in [5, 5.41) is 9.08. The van der Waals surface area contributed by atoms with Gasteiger partial charge in [-0.25, -0.2) is 0 Å². The normalized spacial score (nSPS) is 28.4. The Morgan fingerprint density at radius 3 is 2.82 bits per heavy atom. The highest BCUT2D eigenvalue weighted by Crippen LogP contribution is 2.15. The van der Waals surface area contributed by atoms with Crippen molar-refractivity contribution < 1.29 is 5.11 Å². The van der Waals surface area contributed by atoms with E-state index in [4.69, 9.17) is 5.11 Å². The van der Waals surface area contributed by atoms with E-state index in [0.29, 0.717) is 12.6 Å². The second kappa shape index (κ2) is 4.73. The lowest BCUT2D eigenvalue weighted by molar-refractivity contribution is 0.130. The van der Waals surface area contributed by atoms with E-state index in [0.717, 1.165) is 6.54 Å². The summed E-state index contributed by atoms with van der Waals surface area (Å²) in [5.41, 5.74) is 0. The van der Waals surface area contributed by atoms with Gasteiger partial charge in [-0.05, 0) is 25.9 Å². The summed E-state index contributed by atoms with van der Waals surface area (Å²) in [7, 11) is 0. The van der Waals surface area contributed by atoms with Crippen molar-refractivity contribution in [2.24, 2.45) is 0 Å². The summed E-state index contributed by atoms with van der Waals surface area (Å²) in [5.74, 6) is 0. The van der Waals surface area contributed by atoms with Gasteiger partial charge >= 0.3 is 0 Å². The summed E-state index contributed by atoms with van der Waals surface area (Å²) in [6, 6.07) is 0.447. The first-order valence-electron chi connectivity index (χ1n) is 4.73. The predicted molar refractivity (Wildman–Crippen MR) is 46.6 cm³/mol. The molecule has 1 atom stereocenters. The quantitative estimate of drug-likeness (QED) is 0.652. The minimum atomic E-state index is 0.341. The van der Waals surface area contributed by atoms with E-state index in [1.54, 1.807) is 0 Å². The van der Waals surface area contributed by atoms with Crippen molar-refractivity contribution in [3.63, 3.8) is 0 Å². The Balaban J connectivity index is 2.41. The molecule has 0 aromatic rings. The average molecular weight is 157 g/mol. The van der Waals surface area contributed by atoms with Gasteiger partial charge in [-0.3, -0.25) is 4.90 Å². The number of likely N-dealkylation sites (tertiary alicyclic amines) is 1. The van der Waals surface area contributed by atoms with Crippen LogP contribution in [0, 0.1) is 0 Å². The van der Waals surface area contributed by atoms with Crippen molar-refractivity contribution in [3.05, 3.63) is 0 Å². The first kappa shape index (κ1) is 9.01. The molecule has 66 valence electrons. The Labute approximate surface area is 69.2 Å². The zero-order valence-electron chi connectivity index (χ0n) is 7.42. The second-order valence-electron chi connectivity index (χ2n) is 3.31. The van der Waals surface area contributed by atoms with Crippen LogP contribution in [-0.4, -0.2) is 35.7 Å². The van der Waals surface area contributed by atoms with E-state index in [1.807, 2.05) is 0 Å². The molecule has 0 aliphatic carbocycles. The smallest absolute Gasteiger partial charge is 0.0586 e. The fourth-order valence-electron chi connectivity index (χ4n) is 1.86. The molecule has 1 aliphatic heterocycles. The molecule has 0 spiro atoms. The van der Waals surface area contributed by atoms with Gasteiger partial charge in [0.1, 0.15) is 0 Å². The largest absolute Gasteiger partial charge is 0.395 e. The Morgan fingerprint density at radius 2 is 2.18 bits per heavy atom. The van der Waals surface area contributed by atoms with Crippen LogP contribution in [0.15, 0.2) is 0 Å². The van der Waals surface area contributed by atoms with Gasteiger partial charge in [0.2, 0.25) is 0 Å². The lowest BCUT2D eigenvalue weighted by Crippen LogP contribution is -2.37. The van der Waals surface area contributed by atoms with Crippen LogP contribution in [0.25, 0.3) is 0 Å². The lowest BCUT2D eigenvalue weighted by Gasteiger charge is -2.26. The maximum Gasteiger partial charge on any atom is 0.0586 e. The van der Waals surface area contributed by atoms with E-state index in [9.17, 15) is 0 Å². The molecule has 1 heterocycles. The number of aliphatic hydroxyl groups excluding tert-OH is 1. The highest BCUT2D eigenvalue weighted by molar-refractivity contribution is 4.73. The predicted octanol–water partition coefficient (Wildman–Crippen LogP) is 1.24. The topological polar surface area (TPSA) is 23.5 Å². The Bertz CT molecular complexity index is 93.7. The summed E-state index contributed by atoms with van der Waals surface area (Å²) >= 11 is 0. The molecule has 0 amide bonds. The molecule has 1 N–H and O–H groups in total. The van der Waals surface area contributed by atoms with Crippen molar-refractivity contribution in [3.8, 4) is 0 Å². The zero-order chi connectivity index (χ0) is 8.10. The first-order valence-corrected chi connectivity index (χ1v) is 4.73. The maximum absolute atomic E-state index is 9.08. The molecule has 1 fully saturated rings. The van der Waals surface area contributed by atoms with E-state index < -0.39 is 0 Å². The third kappa shape index (κ3) is 2.46. The van der Waals surface area contributed by atoms with E-state index in [2.05, 4.69) is 11.8 Å². The van der Waals surface area contributed by atoms with Crippen LogP contribution < -0.4 is 0 Å². The van der Waals surface area contributed by atoms with Gasteiger partial charge in [-0.15, -0.1) is 0 Å². The minimum Gasteiger partial charge on any atom is -0.395 e. The number of rotatable bonds is 2. The van der Waals surface area contributed by atoms with Crippen LogP contribution in [0.2, 0.25) is 0 Å². The molecule has 0 aromatic heterocycles. The van der Waals surface area contributed by atoms with Crippen LogP contribution in [0.4, 0.5) is 0 Å². The lowest BCUT2D eigenvalue weighted by atomic mass is 10.1. The average Bonchev–Trinajstić information content (AvgIpc) is 2.27. The van der Waals surface area contributed by atoms with Gasteiger partial charge in [-0.1, -0.05) is 19.8 Å². The van der Waals surface area contributed by atoms with Crippen molar-refractivity contribution in [1.29, 1.82) is 0 Å². The summed E-state index contributed by atoms with van der Waals surface area (Å²) in [6.45, 7) is 4.79. The molecule has 11 heavy (non-hydrogen) atoms. The molecular formula is C9H19NO. The molecule has 1 rings (SSSR count). The summed E-state index contributed by atoms with van der Waals surface area (Å²) < 4.78 is 0. The van der Waals surface area contributed by atoms with Crippen LogP contribution >= 0.6 is 0 Å². The third-order valence-electron chi connectivity index (χ3n) is 2.62. The molecule has 0 unspecified atom stereocenters. The standard InChI is InChI=1S/C9H19NO/c1-2-10-7-5-3-4-6-9(10)8-11/h9,11H,2-8H2,1H3/t9-/m0/s1. The fraction of sp³-hybridized carbons (Fsp3) is 1.00. The fourth-order valence-corrected chi connectivity index (χ4v) is 1.86. The molecule has 0 bridgehead atoms. The van der Waals surface area contributed by atoms with Gasteiger partial charge in [-0.2, -0.15) is 0 Å². The molecule has 0 radical (unpaired) electrons. The van der Waals surface area contributed by atoms with Crippen molar-refractivity contribution in [1.82, 2.24) is 4.90 Å². The number of hydrogen-bond acceptors (Lipinski definition) is 2. The van der Waals surface area contributed by atoms with E-state index in [1.165, 1.54) is 32.2 Å². The maximum atomic E-state index is 9.08. The van der Waals surface area contributed by atoms with Crippen molar-refractivity contribution in [2.75, 3.05) is 19.7 Å². The minimum absolute atomic E-state index is 0.341. The third-order valence-corrected chi connectivity index (χ3v) is 2.62. The van der Waals surface area contributed by atoms with Gasteiger partial charge in [0.15, 0.2) is 0 Å². The van der Waals surface area contributed by atoms with Gasteiger partial charge in [0, 0.05) is 6.04 Å². The van der Waals surface area contributed by atoms with Gasteiger partial charge < -0.3 is 5.11 Å². The van der Waals surface area contributed by atoms with Crippen molar-refractivity contribution >= 4 is 0 Å². The molecule has 1 aliphatic rings.